The van der Waals surface area contributed by atoms with Gasteiger partial charge in [0.05, 0.1) is 22.1 Å². The first-order chi connectivity index (χ1) is 12.0. The van der Waals surface area contributed by atoms with Gasteiger partial charge in [-0.3, -0.25) is 4.79 Å². The highest BCUT2D eigenvalue weighted by Crippen LogP contribution is 2.23. The van der Waals surface area contributed by atoms with Gasteiger partial charge in [-0.15, -0.1) is 0 Å². The Hall–Kier alpha value is -1.85. The molecule has 1 aliphatic rings. The molecule has 4 nitrogen and oxygen atoms in total. The molecular formula is C19H20ClNO3S. The maximum Gasteiger partial charge on any atom is 0.255 e. The highest BCUT2D eigenvalue weighted by molar-refractivity contribution is 7.91. The molecule has 0 N–H and O–H groups in total. The molecule has 0 saturated carbocycles. The molecule has 1 heterocycles. The van der Waals surface area contributed by atoms with E-state index in [1.54, 1.807) is 29.2 Å². The average Bonchev–Trinajstić information content (AvgIpc) is 2.96. The van der Waals surface area contributed by atoms with Crippen molar-refractivity contribution in [3.05, 3.63) is 70.7 Å². The fraction of sp³-hybridized carbons (Fsp3) is 0.316. The number of amides is 1. The van der Waals surface area contributed by atoms with Gasteiger partial charge in [0.25, 0.3) is 5.91 Å². The molecule has 6 heteroatoms. The first-order valence-electron chi connectivity index (χ1n) is 8.26. The van der Waals surface area contributed by atoms with Crippen LogP contribution in [-0.2, 0) is 16.3 Å². The Labute approximate surface area is 153 Å². The molecule has 1 unspecified atom stereocenters. The first kappa shape index (κ1) is 18.0. The van der Waals surface area contributed by atoms with Gasteiger partial charge in [-0.05, 0) is 30.5 Å². The van der Waals surface area contributed by atoms with E-state index in [2.05, 4.69) is 0 Å². The summed E-state index contributed by atoms with van der Waals surface area (Å²) in [5.74, 6) is -0.0450. The summed E-state index contributed by atoms with van der Waals surface area (Å²) in [6.45, 7) is 0.467. The fourth-order valence-corrected chi connectivity index (χ4v) is 5.10. The van der Waals surface area contributed by atoms with E-state index in [0.29, 0.717) is 30.0 Å². The Kier molecular flexibility index (Phi) is 5.45. The molecule has 0 bridgehead atoms. The lowest BCUT2D eigenvalue weighted by molar-refractivity contribution is 0.0699. The van der Waals surface area contributed by atoms with Crippen LogP contribution < -0.4 is 0 Å². The van der Waals surface area contributed by atoms with E-state index >= 15 is 0 Å². The second kappa shape index (κ2) is 7.58. The van der Waals surface area contributed by atoms with Crippen LogP contribution in [0, 0.1) is 0 Å². The molecule has 132 valence electrons. The second-order valence-corrected chi connectivity index (χ2v) is 8.91. The number of carbonyl (C=O) groups is 1. The summed E-state index contributed by atoms with van der Waals surface area (Å²) < 4.78 is 23.8. The van der Waals surface area contributed by atoms with Gasteiger partial charge in [0.1, 0.15) is 0 Å². The number of hydrogen-bond acceptors (Lipinski definition) is 3. The van der Waals surface area contributed by atoms with Gasteiger partial charge in [0, 0.05) is 12.6 Å². The fourth-order valence-electron chi connectivity index (χ4n) is 3.15. The number of rotatable bonds is 5. The van der Waals surface area contributed by atoms with Crippen molar-refractivity contribution in [2.24, 2.45) is 0 Å². The quantitative estimate of drug-likeness (QED) is 0.803. The summed E-state index contributed by atoms with van der Waals surface area (Å²) in [6.07, 6.45) is 1.15. The van der Waals surface area contributed by atoms with Crippen molar-refractivity contribution in [2.75, 3.05) is 18.1 Å². The van der Waals surface area contributed by atoms with Crippen molar-refractivity contribution in [3.8, 4) is 0 Å². The van der Waals surface area contributed by atoms with Crippen LogP contribution in [-0.4, -0.2) is 43.3 Å². The summed E-state index contributed by atoms with van der Waals surface area (Å²) >= 11 is 6.18. The van der Waals surface area contributed by atoms with E-state index < -0.39 is 9.84 Å². The lowest BCUT2D eigenvalue weighted by Crippen LogP contribution is -2.42. The molecule has 2 aromatic carbocycles. The van der Waals surface area contributed by atoms with Gasteiger partial charge in [0.15, 0.2) is 9.84 Å². The van der Waals surface area contributed by atoms with Crippen LogP contribution in [0.1, 0.15) is 22.3 Å². The zero-order valence-corrected chi connectivity index (χ0v) is 15.3. The van der Waals surface area contributed by atoms with Gasteiger partial charge in [-0.25, -0.2) is 8.42 Å². The van der Waals surface area contributed by atoms with Crippen LogP contribution in [0.2, 0.25) is 5.02 Å². The minimum atomic E-state index is -3.08. The van der Waals surface area contributed by atoms with Crippen LogP contribution in [0.5, 0.6) is 0 Å². The van der Waals surface area contributed by atoms with Crippen molar-refractivity contribution in [1.29, 1.82) is 0 Å². The van der Waals surface area contributed by atoms with Crippen LogP contribution >= 0.6 is 11.6 Å². The van der Waals surface area contributed by atoms with Crippen LogP contribution in [0.25, 0.3) is 0 Å². The van der Waals surface area contributed by atoms with E-state index in [1.165, 1.54) is 0 Å². The Morgan fingerprint density at radius 1 is 1.08 bits per heavy atom. The monoisotopic (exact) mass is 377 g/mol. The molecular weight excluding hydrogens is 358 g/mol. The van der Waals surface area contributed by atoms with E-state index in [9.17, 15) is 13.2 Å². The Morgan fingerprint density at radius 3 is 2.40 bits per heavy atom. The minimum absolute atomic E-state index is 0.0258. The molecule has 1 amide bonds. The van der Waals surface area contributed by atoms with Crippen molar-refractivity contribution >= 4 is 27.3 Å². The molecule has 0 spiro atoms. The zero-order valence-electron chi connectivity index (χ0n) is 13.8. The molecule has 1 fully saturated rings. The maximum absolute atomic E-state index is 13.0. The standard InChI is InChI=1S/C19H20ClNO3S/c20-18-9-5-4-8-17(18)19(22)21(16-11-13-25(23,24)14-16)12-10-15-6-2-1-3-7-15/h1-9,16H,10-14H2. The van der Waals surface area contributed by atoms with Gasteiger partial charge in [-0.2, -0.15) is 0 Å². The van der Waals surface area contributed by atoms with E-state index in [0.717, 1.165) is 5.56 Å². The number of hydrogen-bond donors (Lipinski definition) is 0. The molecule has 1 aliphatic heterocycles. The van der Waals surface area contributed by atoms with Crippen molar-refractivity contribution in [3.63, 3.8) is 0 Å². The van der Waals surface area contributed by atoms with Crippen molar-refractivity contribution in [2.45, 2.75) is 18.9 Å². The third-order valence-corrected chi connectivity index (χ3v) is 6.58. The van der Waals surface area contributed by atoms with Crippen LogP contribution in [0.15, 0.2) is 54.6 Å². The zero-order chi connectivity index (χ0) is 17.9. The van der Waals surface area contributed by atoms with Gasteiger partial charge < -0.3 is 4.90 Å². The number of carbonyl (C=O) groups excluding carboxylic acids is 1. The smallest absolute Gasteiger partial charge is 0.255 e. The molecule has 1 atom stereocenters. The summed E-state index contributed by atoms with van der Waals surface area (Å²) in [4.78, 5) is 14.7. The third-order valence-electron chi connectivity index (χ3n) is 4.50. The van der Waals surface area contributed by atoms with Crippen molar-refractivity contribution in [1.82, 2.24) is 4.90 Å². The van der Waals surface area contributed by atoms with E-state index in [4.69, 9.17) is 11.6 Å². The molecule has 25 heavy (non-hydrogen) atoms. The van der Waals surface area contributed by atoms with Gasteiger partial charge in [-0.1, -0.05) is 54.1 Å². The summed E-state index contributed by atoms with van der Waals surface area (Å²) in [6, 6.07) is 16.5. The number of halogens is 1. The first-order valence-corrected chi connectivity index (χ1v) is 10.5. The second-order valence-electron chi connectivity index (χ2n) is 6.27. The van der Waals surface area contributed by atoms with Gasteiger partial charge in [0.2, 0.25) is 0 Å². The van der Waals surface area contributed by atoms with Crippen molar-refractivity contribution < 1.29 is 13.2 Å². The lowest BCUT2D eigenvalue weighted by Gasteiger charge is -2.29. The predicted octanol–water partition coefficient (Wildman–Crippen LogP) is 3.21. The molecule has 0 radical (unpaired) electrons. The van der Waals surface area contributed by atoms with E-state index in [-0.39, 0.29) is 23.5 Å². The van der Waals surface area contributed by atoms with Gasteiger partial charge >= 0.3 is 0 Å². The largest absolute Gasteiger partial charge is 0.334 e. The molecule has 3 rings (SSSR count). The third kappa shape index (κ3) is 4.41. The molecule has 0 aromatic heterocycles. The minimum Gasteiger partial charge on any atom is -0.334 e. The van der Waals surface area contributed by atoms with Crippen LogP contribution in [0.3, 0.4) is 0 Å². The summed E-state index contributed by atoms with van der Waals surface area (Å²) in [5.41, 5.74) is 1.53. The highest BCUT2D eigenvalue weighted by Gasteiger charge is 2.35. The number of benzene rings is 2. The lowest BCUT2D eigenvalue weighted by atomic mass is 10.1. The Balaban J connectivity index is 1.84. The Morgan fingerprint density at radius 2 is 1.76 bits per heavy atom. The highest BCUT2D eigenvalue weighted by atomic mass is 35.5. The predicted molar refractivity (Wildman–Crippen MR) is 99.7 cm³/mol. The average molecular weight is 378 g/mol. The number of nitrogens with zero attached hydrogens (tertiary/aromatic N) is 1. The number of sulfone groups is 1. The summed E-state index contributed by atoms with van der Waals surface area (Å²) in [5, 5.41) is 0.387. The molecule has 1 saturated heterocycles. The SMILES string of the molecule is O=C(c1ccccc1Cl)N(CCc1ccccc1)C1CCS(=O)(=O)C1. The normalized spacial score (nSPS) is 18.8. The van der Waals surface area contributed by atoms with E-state index in [1.807, 2.05) is 30.3 Å². The van der Waals surface area contributed by atoms with Crippen LogP contribution in [0.4, 0.5) is 0 Å². The summed E-state index contributed by atoms with van der Waals surface area (Å²) in [7, 11) is -3.08. The molecule has 2 aromatic rings. The maximum atomic E-state index is 13.0. The topological polar surface area (TPSA) is 54.5 Å². The molecule has 0 aliphatic carbocycles. The Bertz CT molecular complexity index is 852.